The van der Waals surface area contributed by atoms with Crippen molar-refractivity contribution in [3.8, 4) is 0 Å². The van der Waals surface area contributed by atoms with Crippen molar-refractivity contribution in [2.24, 2.45) is 15.4 Å². The summed E-state index contributed by atoms with van der Waals surface area (Å²) in [6.45, 7) is 7.24. The normalized spacial score (nSPS) is 20.0. The summed E-state index contributed by atoms with van der Waals surface area (Å²) in [7, 11) is 1.36. The molecule has 0 bridgehead atoms. The van der Waals surface area contributed by atoms with E-state index >= 15 is 0 Å². The molecule has 2 aliphatic heterocycles. The number of carbonyl (C=O) groups is 1. The summed E-state index contributed by atoms with van der Waals surface area (Å²) in [6.07, 6.45) is 0. The van der Waals surface area contributed by atoms with Gasteiger partial charge in [-0.05, 0) is 23.6 Å². The number of aliphatic imine (C=N–C) groups is 2. The zero-order valence-corrected chi connectivity index (χ0v) is 13.8. The molecule has 0 fully saturated rings. The molecule has 1 aromatic carbocycles. The summed E-state index contributed by atoms with van der Waals surface area (Å²) in [4.78, 5) is 22.8. The molecule has 6 heteroatoms. The Labute approximate surface area is 134 Å². The fraction of sp³-hybridized carbons (Fsp3) is 0.438. The molecular weight excluding hydrogens is 302 g/mol. The summed E-state index contributed by atoms with van der Waals surface area (Å²) >= 11 is 6.29. The zero-order chi connectivity index (χ0) is 16.1. The van der Waals surface area contributed by atoms with E-state index in [1.165, 1.54) is 7.11 Å². The third-order valence-electron chi connectivity index (χ3n) is 3.98. The van der Waals surface area contributed by atoms with Crippen LogP contribution in [0, 0.1) is 5.41 Å². The lowest BCUT2D eigenvalue weighted by Crippen LogP contribution is -2.36. The molecule has 0 aliphatic carbocycles. The van der Waals surface area contributed by atoms with Crippen LogP contribution in [0.4, 0.5) is 11.4 Å². The van der Waals surface area contributed by atoms with Crippen LogP contribution in [-0.4, -0.2) is 36.7 Å². The molecule has 0 saturated heterocycles. The third kappa shape index (κ3) is 2.39. The van der Waals surface area contributed by atoms with Crippen LogP contribution in [0.25, 0.3) is 0 Å². The highest BCUT2D eigenvalue weighted by Gasteiger charge is 2.38. The van der Waals surface area contributed by atoms with Crippen LogP contribution >= 0.6 is 11.6 Å². The van der Waals surface area contributed by atoms with E-state index in [0.717, 1.165) is 12.2 Å². The van der Waals surface area contributed by atoms with Crippen molar-refractivity contribution in [1.82, 2.24) is 0 Å². The second kappa shape index (κ2) is 5.09. The second-order valence-corrected chi connectivity index (χ2v) is 6.90. The number of hydrogen-bond donors (Lipinski definition) is 0. The number of methoxy groups -OCH3 is 1. The minimum atomic E-state index is -0.387. The number of esters is 1. The number of hydrogen-bond acceptors (Lipinski definition) is 5. The fourth-order valence-electron chi connectivity index (χ4n) is 2.60. The molecule has 22 heavy (non-hydrogen) atoms. The van der Waals surface area contributed by atoms with Gasteiger partial charge in [-0.2, -0.15) is 0 Å². The SMILES string of the molecule is COC(=O)c1ccc2c(c1)N=C(Cl)C1=NC(C(C)(C)C)CN12. The maximum Gasteiger partial charge on any atom is 0.337 e. The highest BCUT2D eigenvalue weighted by atomic mass is 35.5. The van der Waals surface area contributed by atoms with Crippen molar-refractivity contribution in [2.45, 2.75) is 26.8 Å². The minimum Gasteiger partial charge on any atom is -0.465 e. The van der Waals surface area contributed by atoms with Gasteiger partial charge in [0.2, 0.25) is 0 Å². The van der Waals surface area contributed by atoms with Gasteiger partial charge >= 0.3 is 5.97 Å². The molecule has 2 aliphatic rings. The predicted octanol–water partition coefficient (Wildman–Crippen LogP) is 3.39. The monoisotopic (exact) mass is 319 g/mol. The Kier molecular flexibility index (Phi) is 3.48. The number of nitrogens with zero attached hydrogens (tertiary/aromatic N) is 3. The van der Waals surface area contributed by atoms with E-state index in [-0.39, 0.29) is 17.4 Å². The number of rotatable bonds is 1. The van der Waals surface area contributed by atoms with E-state index in [0.29, 0.717) is 22.3 Å². The summed E-state index contributed by atoms with van der Waals surface area (Å²) in [5.41, 5.74) is 2.10. The molecule has 2 heterocycles. The topological polar surface area (TPSA) is 54.3 Å². The predicted molar refractivity (Wildman–Crippen MR) is 88.8 cm³/mol. The van der Waals surface area contributed by atoms with E-state index in [9.17, 15) is 4.79 Å². The van der Waals surface area contributed by atoms with Crippen molar-refractivity contribution in [3.63, 3.8) is 0 Å². The van der Waals surface area contributed by atoms with Crippen molar-refractivity contribution in [1.29, 1.82) is 0 Å². The standard InChI is InChI=1S/C16H18ClN3O2/c1-16(2,3)12-8-20-11-6-5-9(15(21)22-4)7-10(11)18-13(17)14(20)19-12/h5-7,12H,8H2,1-4H3. The number of carbonyl (C=O) groups excluding carboxylic acids is 1. The molecule has 0 aromatic heterocycles. The Morgan fingerprint density at radius 2 is 2.14 bits per heavy atom. The molecular formula is C16H18ClN3O2. The maximum atomic E-state index is 11.7. The second-order valence-electron chi connectivity index (χ2n) is 6.54. The van der Waals surface area contributed by atoms with Crippen LogP contribution in [-0.2, 0) is 4.74 Å². The van der Waals surface area contributed by atoms with Gasteiger partial charge in [0.05, 0.1) is 30.1 Å². The first-order chi connectivity index (χ1) is 10.3. The number of ether oxygens (including phenoxy) is 1. The Bertz CT molecular complexity index is 704. The summed E-state index contributed by atoms with van der Waals surface area (Å²) in [5, 5.41) is 0.362. The van der Waals surface area contributed by atoms with Gasteiger partial charge in [-0.25, -0.2) is 9.79 Å². The van der Waals surface area contributed by atoms with Gasteiger partial charge in [0.25, 0.3) is 0 Å². The molecule has 0 radical (unpaired) electrons. The molecule has 0 saturated carbocycles. The van der Waals surface area contributed by atoms with Gasteiger partial charge < -0.3 is 9.64 Å². The molecule has 116 valence electrons. The van der Waals surface area contributed by atoms with Gasteiger partial charge in [-0.1, -0.05) is 32.4 Å². The van der Waals surface area contributed by atoms with E-state index < -0.39 is 0 Å². The lowest BCUT2D eigenvalue weighted by molar-refractivity contribution is 0.0601. The van der Waals surface area contributed by atoms with E-state index in [2.05, 4.69) is 30.7 Å². The molecule has 0 amide bonds. The Morgan fingerprint density at radius 1 is 1.41 bits per heavy atom. The van der Waals surface area contributed by atoms with Crippen molar-refractivity contribution in [2.75, 3.05) is 18.6 Å². The number of amidine groups is 1. The van der Waals surface area contributed by atoms with Crippen molar-refractivity contribution >= 4 is 40.0 Å². The van der Waals surface area contributed by atoms with E-state index in [4.69, 9.17) is 21.3 Å². The molecule has 0 N–H and O–H groups in total. The fourth-order valence-corrected chi connectivity index (χ4v) is 2.85. The van der Waals surface area contributed by atoms with E-state index in [1.807, 2.05) is 6.07 Å². The molecule has 0 spiro atoms. The Hall–Kier alpha value is -1.88. The number of anilines is 1. The average Bonchev–Trinajstić information content (AvgIpc) is 2.92. The van der Waals surface area contributed by atoms with Crippen LogP contribution in [0.5, 0.6) is 0 Å². The minimum absolute atomic E-state index is 0.0492. The quantitative estimate of drug-likeness (QED) is 0.746. The van der Waals surface area contributed by atoms with E-state index in [1.54, 1.807) is 12.1 Å². The zero-order valence-electron chi connectivity index (χ0n) is 13.1. The Morgan fingerprint density at radius 3 is 2.77 bits per heavy atom. The molecule has 1 aromatic rings. The summed E-state index contributed by atoms with van der Waals surface area (Å²) in [6, 6.07) is 5.46. The highest BCUT2D eigenvalue weighted by molar-refractivity contribution is 6.85. The summed E-state index contributed by atoms with van der Waals surface area (Å²) in [5.74, 6) is 0.322. The highest BCUT2D eigenvalue weighted by Crippen LogP contribution is 2.39. The van der Waals surface area contributed by atoms with Crippen LogP contribution in [0.2, 0.25) is 0 Å². The molecule has 3 rings (SSSR count). The molecule has 1 unspecified atom stereocenters. The lowest BCUT2D eigenvalue weighted by atomic mass is 9.87. The smallest absolute Gasteiger partial charge is 0.337 e. The summed E-state index contributed by atoms with van der Waals surface area (Å²) < 4.78 is 4.74. The first-order valence-corrected chi connectivity index (χ1v) is 7.51. The van der Waals surface area contributed by atoms with Crippen molar-refractivity contribution in [3.05, 3.63) is 23.8 Å². The van der Waals surface area contributed by atoms with Gasteiger partial charge in [0.15, 0.2) is 11.0 Å². The average molecular weight is 320 g/mol. The van der Waals surface area contributed by atoms with Crippen molar-refractivity contribution < 1.29 is 9.53 Å². The van der Waals surface area contributed by atoms with Gasteiger partial charge in [-0.3, -0.25) is 4.99 Å². The first-order valence-electron chi connectivity index (χ1n) is 7.13. The van der Waals surface area contributed by atoms with Crippen LogP contribution in [0.3, 0.4) is 0 Å². The van der Waals surface area contributed by atoms with Crippen LogP contribution in [0.15, 0.2) is 28.2 Å². The van der Waals surface area contributed by atoms with Crippen LogP contribution < -0.4 is 4.90 Å². The van der Waals surface area contributed by atoms with Gasteiger partial charge in [0, 0.05) is 6.54 Å². The molecule has 5 nitrogen and oxygen atoms in total. The largest absolute Gasteiger partial charge is 0.465 e. The number of halogens is 1. The first kappa shape index (κ1) is 15.0. The molecule has 1 atom stereocenters. The maximum absolute atomic E-state index is 11.7. The third-order valence-corrected chi connectivity index (χ3v) is 4.23. The number of fused-ring (bicyclic) bond motifs is 3. The van der Waals surface area contributed by atoms with Gasteiger partial charge in [-0.15, -0.1) is 0 Å². The number of benzene rings is 1. The van der Waals surface area contributed by atoms with Gasteiger partial charge in [0.1, 0.15) is 0 Å². The lowest BCUT2D eigenvalue weighted by Gasteiger charge is -2.28. The Balaban J connectivity index is 2.02. The van der Waals surface area contributed by atoms with Crippen LogP contribution in [0.1, 0.15) is 31.1 Å².